The Morgan fingerprint density at radius 3 is 1.25 bits per heavy atom. The van der Waals surface area contributed by atoms with Crippen LogP contribution in [0.5, 0.6) is 0 Å². The third-order valence-electron chi connectivity index (χ3n) is 11.2. The standard InChI is InChI=1S/C56H37N5/c1-6-18-38(19-7-1)50-37-48-36-46(32-33-49(48)53-51(39-20-8-2-9-21-39)52(60-61(50)53)40-22-10-3-11-23-40)44-29-16-28-43(34-44)45-30-17-31-47(35-45)56-58-54(41-24-12-4-13-25-41)57-55(59-56)42-26-14-5-15-27-42/h1-37H. The molecule has 0 amide bonds. The number of aromatic nitrogens is 5. The highest BCUT2D eigenvalue weighted by Crippen LogP contribution is 2.42. The molecule has 0 bridgehead atoms. The van der Waals surface area contributed by atoms with Crippen LogP contribution in [0.2, 0.25) is 0 Å². The van der Waals surface area contributed by atoms with Crippen molar-refractivity contribution in [2.24, 2.45) is 0 Å². The molecule has 286 valence electrons. The first-order valence-electron chi connectivity index (χ1n) is 20.5. The molecule has 0 radical (unpaired) electrons. The Hall–Kier alpha value is -8.28. The molecule has 11 rings (SSSR count). The molecule has 0 saturated heterocycles. The van der Waals surface area contributed by atoms with Crippen LogP contribution >= 0.6 is 0 Å². The van der Waals surface area contributed by atoms with Gasteiger partial charge < -0.3 is 0 Å². The smallest absolute Gasteiger partial charge is 0.164 e. The number of fused-ring (bicyclic) bond motifs is 3. The molecule has 11 aromatic rings. The predicted molar refractivity (Wildman–Crippen MR) is 250 cm³/mol. The van der Waals surface area contributed by atoms with Crippen molar-refractivity contribution >= 4 is 16.3 Å². The third-order valence-corrected chi connectivity index (χ3v) is 11.2. The SMILES string of the molecule is c1ccc(-c2nc(-c3ccccc3)nc(-c3cccc(-c4cccc(-c5ccc6c(c5)cc(-c5ccccc5)n5nc(-c7ccccc7)c(-c7ccccc7)c65)c4)c3)n2)cc1. The highest BCUT2D eigenvalue weighted by molar-refractivity contribution is 6.09. The van der Waals surface area contributed by atoms with Gasteiger partial charge in [-0.1, -0.05) is 200 Å². The maximum absolute atomic E-state index is 5.39. The van der Waals surface area contributed by atoms with Crippen molar-refractivity contribution in [3.63, 3.8) is 0 Å². The summed E-state index contributed by atoms with van der Waals surface area (Å²) < 4.78 is 2.15. The molecule has 0 N–H and O–H groups in total. The minimum absolute atomic E-state index is 0.631. The summed E-state index contributed by atoms with van der Waals surface area (Å²) in [5.74, 6) is 1.92. The number of pyridine rings is 1. The van der Waals surface area contributed by atoms with Crippen LogP contribution in [-0.4, -0.2) is 24.6 Å². The van der Waals surface area contributed by atoms with Crippen LogP contribution in [0.4, 0.5) is 0 Å². The van der Waals surface area contributed by atoms with Gasteiger partial charge in [-0.15, -0.1) is 0 Å². The summed E-state index contributed by atoms with van der Waals surface area (Å²) in [6.07, 6.45) is 0. The summed E-state index contributed by atoms with van der Waals surface area (Å²) in [6, 6.07) is 78.3. The summed E-state index contributed by atoms with van der Waals surface area (Å²) in [5, 5.41) is 7.67. The average Bonchev–Trinajstić information content (AvgIpc) is 3.76. The second kappa shape index (κ2) is 15.5. The van der Waals surface area contributed by atoms with Gasteiger partial charge >= 0.3 is 0 Å². The van der Waals surface area contributed by atoms with Crippen LogP contribution in [0.25, 0.3) is 106 Å². The quantitative estimate of drug-likeness (QED) is 0.154. The number of hydrogen-bond acceptors (Lipinski definition) is 4. The van der Waals surface area contributed by atoms with Gasteiger partial charge in [0.25, 0.3) is 0 Å². The zero-order valence-corrected chi connectivity index (χ0v) is 33.1. The van der Waals surface area contributed by atoms with Gasteiger partial charge in [0.05, 0.1) is 11.2 Å². The Balaban J connectivity index is 1.04. The molecule has 5 nitrogen and oxygen atoms in total. The summed E-state index contributed by atoms with van der Waals surface area (Å²) >= 11 is 0. The zero-order chi connectivity index (χ0) is 40.5. The van der Waals surface area contributed by atoms with E-state index in [1.165, 1.54) is 0 Å². The van der Waals surface area contributed by atoms with Crippen LogP contribution in [0, 0.1) is 0 Å². The number of hydrogen-bond donors (Lipinski definition) is 0. The van der Waals surface area contributed by atoms with Gasteiger partial charge in [-0.3, -0.25) is 0 Å². The van der Waals surface area contributed by atoms with Crippen LogP contribution in [0.1, 0.15) is 0 Å². The molecule has 5 heteroatoms. The molecular weight excluding hydrogens is 743 g/mol. The van der Waals surface area contributed by atoms with Crippen LogP contribution in [0.15, 0.2) is 224 Å². The van der Waals surface area contributed by atoms with Gasteiger partial charge in [0.15, 0.2) is 17.5 Å². The number of nitrogens with zero attached hydrogens (tertiary/aromatic N) is 5. The van der Waals surface area contributed by atoms with E-state index in [1.54, 1.807) is 0 Å². The Labute approximate surface area is 354 Å². The van der Waals surface area contributed by atoms with Crippen molar-refractivity contribution < 1.29 is 0 Å². The van der Waals surface area contributed by atoms with Gasteiger partial charge in [0.2, 0.25) is 0 Å². The molecule has 0 spiro atoms. The summed E-state index contributed by atoms with van der Waals surface area (Å²) in [4.78, 5) is 14.9. The lowest BCUT2D eigenvalue weighted by molar-refractivity contribution is 0.979. The van der Waals surface area contributed by atoms with Crippen LogP contribution < -0.4 is 0 Å². The second-order valence-electron chi connectivity index (χ2n) is 15.1. The van der Waals surface area contributed by atoms with Crippen LogP contribution in [0.3, 0.4) is 0 Å². The predicted octanol–water partition coefficient (Wildman–Crippen LogP) is 14.0. The van der Waals surface area contributed by atoms with Gasteiger partial charge in [-0.25, -0.2) is 19.5 Å². The Morgan fingerprint density at radius 2 is 0.705 bits per heavy atom. The highest BCUT2D eigenvalue weighted by atomic mass is 15.2. The second-order valence-corrected chi connectivity index (χ2v) is 15.1. The van der Waals surface area contributed by atoms with Crippen molar-refractivity contribution in [1.29, 1.82) is 0 Å². The fourth-order valence-electron chi connectivity index (χ4n) is 8.27. The molecule has 3 heterocycles. The Kier molecular flexibility index (Phi) is 9.10. The zero-order valence-electron chi connectivity index (χ0n) is 33.1. The highest BCUT2D eigenvalue weighted by Gasteiger charge is 2.22. The molecule has 0 aliphatic rings. The molecule has 0 aliphatic heterocycles. The summed E-state index contributed by atoms with van der Waals surface area (Å²) in [6.45, 7) is 0. The van der Waals surface area contributed by atoms with E-state index in [-0.39, 0.29) is 0 Å². The number of rotatable bonds is 8. The topological polar surface area (TPSA) is 56.0 Å². The average molecular weight is 780 g/mol. The lowest BCUT2D eigenvalue weighted by atomic mass is 9.94. The molecule has 8 aromatic carbocycles. The molecule has 61 heavy (non-hydrogen) atoms. The fourth-order valence-corrected chi connectivity index (χ4v) is 8.27. The van der Waals surface area contributed by atoms with Gasteiger partial charge in [-0.2, -0.15) is 5.10 Å². The van der Waals surface area contributed by atoms with Crippen LogP contribution in [-0.2, 0) is 0 Å². The fraction of sp³-hybridized carbons (Fsp3) is 0. The lowest BCUT2D eigenvalue weighted by Gasteiger charge is -2.13. The number of benzene rings is 8. The van der Waals surface area contributed by atoms with E-state index >= 15 is 0 Å². The van der Waals surface area contributed by atoms with E-state index in [9.17, 15) is 0 Å². The molecule has 0 atom stereocenters. The summed E-state index contributed by atoms with van der Waals surface area (Å²) in [5.41, 5.74) is 14.8. The monoisotopic (exact) mass is 779 g/mol. The Bertz CT molecular complexity index is 3270. The van der Waals surface area contributed by atoms with E-state index < -0.39 is 0 Å². The minimum atomic E-state index is 0.631. The van der Waals surface area contributed by atoms with Crippen molar-refractivity contribution in [1.82, 2.24) is 24.6 Å². The van der Waals surface area contributed by atoms with Gasteiger partial charge in [-0.05, 0) is 57.5 Å². The largest absolute Gasteiger partial charge is 0.231 e. The molecule has 0 saturated carbocycles. The first kappa shape index (κ1) is 35.8. The molecule has 0 aliphatic carbocycles. The van der Waals surface area contributed by atoms with E-state index in [2.05, 4.69) is 168 Å². The normalized spacial score (nSPS) is 11.3. The lowest BCUT2D eigenvalue weighted by Crippen LogP contribution is -2.00. The third kappa shape index (κ3) is 6.84. The van der Waals surface area contributed by atoms with Gasteiger partial charge in [0, 0.05) is 38.8 Å². The first-order valence-corrected chi connectivity index (χ1v) is 20.5. The van der Waals surface area contributed by atoms with Crippen molar-refractivity contribution in [2.45, 2.75) is 0 Å². The van der Waals surface area contributed by atoms with Crippen molar-refractivity contribution in [2.75, 3.05) is 0 Å². The first-order chi connectivity index (χ1) is 30.2. The molecule has 0 unspecified atom stereocenters. The summed E-state index contributed by atoms with van der Waals surface area (Å²) in [7, 11) is 0. The van der Waals surface area contributed by atoms with Crippen molar-refractivity contribution in [3.8, 4) is 90.1 Å². The maximum atomic E-state index is 5.39. The molecular formula is C56H37N5. The van der Waals surface area contributed by atoms with Crippen molar-refractivity contribution in [3.05, 3.63) is 224 Å². The van der Waals surface area contributed by atoms with E-state index in [1.807, 2.05) is 60.7 Å². The molecule has 3 aromatic heterocycles. The maximum Gasteiger partial charge on any atom is 0.164 e. The van der Waals surface area contributed by atoms with E-state index in [4.69, 9.17) is 20.1 Å². The minimum Gasteiger partial charge on any atom is -0.231 e. The van der Waals surface area contributed by atoms with E-state index in [0.29, 0.717) is 17.5 Å². The van der Waals surface area contributed by atoms with Gasteiger partial charge in [0.1, 0.15) is 5.69 Å². The Morgan fingerprint density at radius 1 is 0.295 bits per heavy atom. The van der Waals surface area contributed by atoms with E-state index in [0.717, 1.165) is 88.9 Å². The molecule has 0 fully saturated rings.